The Bertz CT molecular complexity index is 907. The highest BCUT2D eigenvalue weighted by atomic mass is 32.2. The maximum absolute atomic E-state index is 12.8. The third-order valence-electron chi connectivity index (χ3n) is 3.60. The van der Waals surface area contributed by atoms with Crippen LogP contribution in [0.2, 0.25) is 0 Å². The second kappa shape index (κ2) is 7.08. The van der Waals surface area contributed by atoms with Gasteiger partial charge in [0.15, 0.2) is 4.32 Å². The van der Waals surface area contributed by atoms with E-state index in [4.69, 9.17) is 17.0 Å². The summed E-state index contributed by atoms with van der Waals surface area (Å²) in [5.74, 6) is -0.822. The zero-order valence-electron chi connectivity index (χ0n) is 13.1. The maximum Gasteiger partial charge on any atom is 0.336 e. The summed E-state index contributed by atoms with van der Waals surface area (Å²) >= 11 is 6.47. The van der Waals surface area contributed by atoms with Gasteiger partial charge in [0.25, 0.3) is 5.91 Å². The molecule has 0 bridgehead atoms. The molecule has 0 spiro atoms. The Labute approximate surface area is 153 Å². The molecule has 7 heteroatoms. The van der Waals surface area contributed by atoms with Gasteiger partial charge in [-0.3, -0.25) is 9.69 Å². The number of anilines is 1. The number of carboxylic acids is 1. The van der Waals surface area contributed by atoms with Crippen molar-refractivity contribution in [3.63, 3.8) is 0 Å². The van der Waals surface area contributed by atoms with E-state index in [0.29, 0.717) is 26.2 Å². The molecule has 1 aliphatic heterocycles. The van der Waals surface area contributed by atoms with Crippen molar-refractivity contribution in [1.29, 1.82) is 0 Å². The molecule has 0 unspecified atom stereocenters. The van der Waals surface area contributed by atoms with Crippen molar-refractivity contribution in [3.05, 3.63) is 64.6 Å². The molecule has 1 amide bonds. The lowest BCUT2D eigenvalue weighted by Gasteiger charge is -2.17. The van der Waals surface area contributed by atoms with Crippen LogP contribution in [0.25, 0.3) is 6.08 Å². The van der Waals surface area contributed by atoms with Gasteiger partial charge in [0, 0.05) is 0 Å². The SMILES string of the molecule is COc1ccccc1N1C(=O)/C(=C/c2ccccc2C(=O)O)SC1=S. The number of amides is 1. The van der Waals surface area contributed by atoms with Crippen molar-refractivity contribution in [2.24, 2.45) is 0 Å². The first kappa shape index (κ1) is 17.2. The summed E-state index contributed by atoms with van der Waals surface area (Å²) in [5, 5.41) is 9.28. The van der Waals surface area contributed by atoms with Crippen LogP contribution < -0.4 is 9.64 Å². The molecule has 1 heterocycles. The molecule has 1 fully saturated rings. The summed E-state index contributed by atoms with van der Waals surface area (Å²) in [7, 11) is 1.52. The number of benzene rings is 2. The van der Waals surface area contributed by atoms with Gasteiger partial charge in [0.05, 0.1) is 23.3 Å². The van der Waals surface area contributed by atoms with Crippen LogP contribution in [-0.4, -0.2) is 28.4 Å². The molecule has 25 heavy (non-hydrogen) atoms. The molecule has 1 N–H and O–H groups in total. The van der Waals surface area contributed by atoms with E-state index < -0.39 is 5.97 Å². The van der Waals surface area contributed by atoms with Gasteiger partial charge in [-0.2, -0.15) is 0 Å². The number of hydrogen-bond acceptors (Lipinski definition) is 5. The Hall–Kier alpha value is -2.64. The van der Waals surface area contributed by atoms with Crippen molar-refractivity contribution in [3.8, 4) is 5.75 Å². The lowest BCUT2D eigenvalue weighted by Crippen LogP contribution is -2.27. The number of ether oxygens (including phenoxy) is 1. The molecule has 0 radical (unpaired) electrons. The first-order chi connectivity index (χ1) is 12.0. The lowest BCUT2D eigenvalue weighted by molar-refractivity contribution is -0.113. The predicted molar refractivity (Wildman–Crippen MR) is 102 cm³/mol. The first-order valence-electron chi connectivity index (χ1n) is 7.26. The molecule has 1 aliphatic rings. The van der Waals surface area contributed by atoms with Crippen molar-refractivity contribution in [2.75, 3.05) is 12.0 Å². The average Bonchev–Trinajstić information content (AvgIpc) is 2.88. The number of methoxy groups -OCH3 is 1. The summed E-state index contributed by atoms with van der Waals surface area (Å²) in [5.41, 5.74) is 1.14. The molecule has 0 aliphatic carbocycles. The van der Waals surface area contributed by atoms with Crippen LogP contribution >= 0.6 is 24.0 Å². The van der Waals surface area contributed by atoms with Crippen LogP contribution in [0.3, 0.4) is 0 Å². The molecule has 3 rings (SSSR count). The highest BCUT2D eigenvalue weighted by Crippen LogP contribution is 2.39. The van der Waals surface area contributed by atoms with E-state index in [1.54, 1.807) is 48.5 Å². The largest absolute Gasteiger partial charge is 0.495 e. The molecular formula is C18H13NO4S2. The fourth-order valence-electron chi connectivity index (χ4n) is 2.45. The number of thioether (sulfide) groups is 1. The fourth-order valence-corrected chi connectivity index (χ4v) is 3.72. The van der Waals surface area contributed by atoms with Gasteiger partial charge in [-0.05, 0) is 29.8 Å². The van der Waals surface area contributed by atoms with Crippen molar-refractivity contribution >= 4 is 51.9 Å². The Morgan fingerprint density at radius 3 is 2.60 bits per heavy atom. The Morgan fingerprint density at radius 2 is 1.88 bits per heavy atom. The Morgan fingerprint density at radius 1 is 1.20 bits per heavy atom. The smallest absolute Gasteiger partial charge is 0.336 e. The first-order valence-corrected chi connectivity index (χ1v) is 8.48. The number of carbonyl (C=O) groups excluding carboxylic acids is 1. The molecule has 5 nitrogen and oxygen atoms in total. The minimum atomic E-state index is -1.05. The number of nitrogens with zero attached hydrogens (tertiary/aromatic N) is 1. The van der Waals surface area contributed by atoms with Gasteiger partial charge in [-0.15, -0.1) is 0 Å². The third-order valence-corrected chi connectivity index (χ3v) is 4.90. The topological polar surface area (TPSA) is 66.8 Å². The lowest BCUT2D eigenvalue weighted by atomic mass is 10.1. The van der Waals surface area contributed by atoms with Gasteiger partial charge in [-0.25, -0.2) is 4.79 Å². The summed E-state index contributed by atoms with van der Waals surface area (Å²) in [6.07, 6.45) is 1.55. The molecular weight excluding hydrogens is 358 g/mol. The number of carboxylic acid groups (broad SMARTS) is 1. The maximum atomic E-state index is 12.8. The standard InChI is InChI=1S/C18H13NO4S2/c1-23-14-9-5-4-8-13(14)19-16(20)15(25-18(19)24)10-11-6-2-3-7-12(11)17(21)22/h2-10H,1H3,(H,21,22)/b15-10-. The molecule has 126 valence electrons. The summed E-state index contributed by atoms with van der Waals surface area (Å²) in [6, 6.07) is 13.6. The minimum absolute atomic E-state index is 0.130. The summed E-state index contributed by atoms with van der Waals surface area (Å²) in [4.78, 5) is 25.9. The van der Waals surface area contributed by atoms with E-state index >= 15 is 0 Å². The van der Waals surface area contributed by atoms with Crippen LogP contribution in [0.4, 0.5) is 5.69 Å². The van der Waals surface area contributed by atoms with Crippen molar-refractivity contribution in [1.82, 2.24) is 0 Å². The minimum Gasteiger partial charge on any atom is -0.495 e. The van der Waals surface area contributed by atoms with Gasteiger partial charge in [0.2, 0.25) is 0 Å². The van der Waals surface area contributed by atoms with Gasteiger partial charge in [-0.1, -0.05) is 54.3 Å². The number of para-hydroxylation sites is 2. The Kier molecular flexibility index (Phi) is 4.87. The van der Waals surface area contributed by atoms with Gasteiger partial charge < -0.3 is 9.84 Å². The molecule has 1 saturated heterocycles. The molecule has 0 saturated carbocycles. The van der Waals surface area contributed by atoms with Crippen molar-refractivity contribution in [2.45, 2.75) is 0 Å². The van der Waals surface area contributed by atoms with Crippen LogP contribution in [0.1, 0.15) is 15.9 Å². The van der Waals surface area contributed by atoms with Crippen LogP contribution in [0.5, 0.6) is 5.75 Å². The number of aromatic carboxylic acids is 1. The Balaban J connectivity index is 2.01. The second-order valence-electron chi connectivity index (χ2n) is 5.08. The van der Waals surface area contributed by atoms with E-state index in [1.165, 1.54) is 18.1 Å². The van der Waals surface area contributed by atoms with E-state index in [-0.39, 0.29) is 11.5 Å². The summed E-state index contributed by atoms with van der Waals surface area (Å²) in [6.45, 7) is 0. The van der Waals surface area contributed by atoms with Crippen molar-refractivity contribution < 1.29 is 19.4 Å². The predicted octanol–water partition coefficient (Wildman–Crippen LogP) is 3.80. The molecule has 0 aromatic heterocycles. The number of thiocarbonyl (C=S) groups is 1. The highest BCUT2D eigenvalue weighted by Gasteiger charge is 2.35. The third kappa shape index (κ3) is 3.29. The van der Waals surface area contributed by atoms with Crippen LogP contribution in [-0.2, 0) is 4.79 Å². The molecule has 2 aromatic carbocycles. The monoisotopic (exact) mass is 371 g/mol. The normalized spacial score (nSPS) is 15.7. The van der Waals surface area contributed by atoms with Gasteiger partial charge >= 0.3 is 5.97 Å². The molecule has 2 aromatic rings. The van der Waals surface area contributed by atoms with Crippen LogP contribution in [0, 0.1) is 0 Å². The molecule has 0 atom stereocenters. The highest BCUT2D eigenvalue weighted by molar-refractivity contribution is 8.27. The quantitative estimate of drug-likeness (QED) is 0.651. The average molecular weight is 371 g/mol. The van der Waals surface area contributed by atoms with E-state index in [9.17, 15) is 14.7 Å². The van der Waals surface area contributed by atoms with Crippen LogP contribution in [0.15, 0.2) is 53.4 Å². The fraction of sp³-hybridized carbons (Fsp3) is 0.0556. The van der Waals surface area contributed by atoms with E-state index in [1.807, 2.05) is 0 Å². The number of hydrogen-bond donors (Lipinski definition) is 1. The zero-order chi connectivity index (χ0) is 18.0. The summed E-state index contributed by atoms with van der Waals surface area (Å²) < 4.78 is 5.67. The number of carbonyl (C=O) groups is 2. The van der Waals surface area contributed by atoms with E-state index in [2.05, 4.69) is 0 Å². The second-order valence-corrected chi connectivity index (χ2v) is 6.76. The number of rotatable bonds is 4. The van der Waals surface area contributed by atoms with Gasteiger partial charge in [0.1, 0.15) is 5.75 Å². The zero-order valence-corrected chi connectivity index (χ0v) is 14.8. The van der Waals surface area contributed by atoms with E-state index in [0.717, 1.165) is 11.8 Å².